The predicted molar refractivity (Wildman–Crippen MR) is 49.8 cm³/mol. The molecular formula is C6H8INS. The number of halogens is 1. The summed E-state index contributed by atoms with van der Waals surface area (Å²) >= 11 is 4.12. The third kappa shape index (κ3) is 1.91. The molecule has 0 aromatic carbocycles. The van der Waals surface area contributed by atoms with E-state index in [4.69, 9.17) is 5.73 Å². The Kier molecular flexibility index (Phi) is 2.94. The van der Waals surface area contributed by atoms with Crippen molar-refractivity contribution in [3.05, 3.63) is 19.9 Å². The van der Waals surface area contributed by atoms with Gasteiger partial charge in [0.2, 0.25) is 0 Å². The fourth-order valence-electron chi connectivity index (χ4n) is 0.654. The maximum Gasteiger partial charge on any atom is 0.0685 e. The van der Waals surface area contributed by atoms with Gasteiger partial charge >= 0.3 is 0 Å². The minimum Gasteiger partial charge on any atom is -0.330 e. The van der Waals surface area contributed by atoms with E-state index in [2.05, 4.69) is 34.0 Å². The van der Waals surface area contributed by atoms with Gasteiger partial charge in [-0.15, -0.1) is 11.3 Å². The first-order valence-electron chi connectivity index (χ1n) is 2.76. The average Bonchev–Trinajstić information content (AvgIpc) is 2.18. The topological polar surface area (TPSA) is 26.0 Å². The summed E-state index contributed by atoms with van der Waals surface area (Å²) in [5.74, 6) is 0. The van der Waals surface area contributed by atoms with Crippen molar-refractivity contribution < 1.29 is 0 Å². The molecule has 0 bridgehead atoms. The van der Waals surface area contributed by atoms with Crippen LogP contribution in [-0.2, 0) is 6.42 Å². The van der Waals surface area contributed by atoms with Crippen LogP contribution >= 0.6 is 33.9 Å². The van der Waals surface area contributed by atoms with E-state index in [1.807, 2.05) is 0 Å². The van der Waals surface area contributed by atoms with Crippen molar-refractivity contribution >= 4 is 33.9 Å². The second kappa shape index (κ2) is 3.53. The van der Waals surface area contributed by atoms with E-state index in [-0.39, 0.29) is 0 Å². The average molecular weight is 253 g/mol. The number of hydrogen-bond donors (Lipinski definition) is 1. The molecule has 1 nitrogen and oxygen atoms in total. The summed E-state index contributed by atoms with van der Waals surface area (Å²) in [6.45, 7) is 0.757. The van der Waals surface area contributed by atoms with Gasteiger partial charge in [-0.3, -0.25) is 0 Å². The summed E-state index contributed by atoms with van der Waals surface area (Å²) in [6.07, 6.45) is 1.02. The molecule has 1 aromatic heterocycles. The van der Waals surface area contributed by atoms with Crippen molar-refractivity contribution in [1.29, 1.82) is 0 Å². The highest BCUT2D eigenvalue weighted by molar-refractivity contribution is 14.1. The van der Waals surface area contributed by atoms with E-state index in [9.17, 15) is 0 Å². The Morgan fingerprint density at radius 2 is 2.44 bits per heavy atom. The molecule has 1 rings (SSSR count). The summed E-state index contributed by atoms with van der Waals surface area (Å²) in [6, 6.07) is 2.14. The van der Waals surface area contributed by atoms with Gasteiger partial charge in [0.05, 0.1) is 2.88 Å². The maximum atomic E-state index is 5.39. The molecule has 1 heterocycles. The van der Waals surface area contributed by atoms with E-state index >= 15 is 0 Å². The van der Waals surface area contributed by atoms with Gasteiger partial charge in [0.15, 0.2) is 0 Å². The van der Waals surface area contributed by atoms with Gasteiger partial charge in [0, 0.05) is 0 Å². The molecule has 50 valence electrons. The van der Waals surface area contributed by atoms with Crippen LogP contribution < -0.4 is 5.73 Å². The van der Waals surface area contributed by atoms with E-state index in [1.165, 1.54) is 8.45 Å². The minimum absolute atomic E-state index is 0.757. The molecule has 1 aromatic rings. The normalized spacial score (nSPS) is 10.0. The Morgan fingerprint density at radius 3 is 2.89 bits per heavy atom. The summed E-state index contributed by atoms with van der Waals surface area (Å²) < 4.78 is 1.37. The molecule has 3 heteroatoms. The zero-order valence-corrected chi connectivity index (χ0v) is 7.91. The zero-order valence-electron chi connectivity index (χ0n) is 4.93. The maximum absolute atomic E-state index is 5.39. The summed E-state index contributed by atoms with van der Waals surface area (Å²) in [7, 11) is 0. The molecule has 0 fully saturated rings. The first-order valence-corrected chi connectivity index (χ1v) is 4.72. The van der Waals surface area contributed by atoms with Crippen molar-refractivity contribution in [2.75, 3.05) is 6.54 Å². The van der Waals surface area contributed by atoms with Crippen molar-refractivity contribution in [3.63, 3.8) is 0 Å². The fourth-order valence-corrected chi connectivity index (χ4v) is 2.22. The first-order chi connectivity index (χ1) is 4.34. The van der Waals surface area contributed by atoms with Crippen LogP contribution in [0.4, 0.5) is 0 Å². The number of thiophene rings is 1. The Hall–Kier alpha value is 0.390. The Balaban J connectivity index is 2.69. The van der Waals surface area contributed by atoms with Crippen molar-refractivity contribution in [2.24, 2.45) is 5.73 Å². The third-order valence-electron chi connectivity index (χ3n) is 1.11. The van der Waals surface area contributed by atoms with Gasteiger partial charge < -0.3 is 5.73 Å². The molecule has 0 aliphatic rings. The molecule has 0 atom stereocenters. The highest BCUT2D eigenvalue weighted by Gasteiger charge is 1.96. The van der Waals surface area contributed by atoms with Crippen molar-refractivity contribution in [3.8, 4) is 0 Å². The molecule has 2 N–H and O–H groups in total. The lowest BCUT2D eigenvalue weighted by molar-refractivity contribution is 0.970. The lowest BCUT2D eigenvalue weighted by Crippen LogP contribution is -2.02. The molecule has 0 aliphatic carbocycles. The summed E-state index contributed by atoms with van der Waals surface area (Å²) in [5.41, 5.74) is 6.78. The van der Waals surface area contributed by atoms with Gasteiger partial charge in [-0.1, -0.05) is 0 Å². The van der Waals surface area contributed by atoms with Crippen molar-refractivity contribution in [2.45, 2.75) is 6.42 Å². The van der Waals surface area contributed by atoms with Gasteiger partial charge in [-0.25, -0.2) is 0 Å². The smallest absolute Gasteiger partial charge is 0.0685 e. The zero-order chi connectivity index (χ0) is 6.69. The first kappa shape index (κ1) is 7.50. The Labute approximate surface area is 72.4 Å². The molecule has 0 aliphatic heterocycles. The summed E-state index contributed by atoms with van der Waals surface area (Å²) in [5, 5.41) is 2.10. The van der Waals surface area contributed by atoms with Gasteiger partial charge in [0.25, 0.3) is 0 Å². The Bertz CT molecular complexity index is 185. The van der Waals surface area contributed by atoms with E-state index in [1.54, 1.807) is 11.3 Å². The standard InChI is InChI=1S/C6H8INS/c7-6-5(1-3-8)2-4-9-6/h2,4H,1,3,8H2. The van der Waals surface area contributed by atoms with E-state index in [0.717, 1.165) is 13.0 Å². The molecule has 9 heavy (non-hydrogen) atoms. The second-order valence-electron chi connectivity index (χ2n) is 1.76. The Morgan fingerprint density at radius 1 is 1.67 bits per heavy atom. The molecule has 0 saturated carbocycles. The number of nitrogens with two attached hydrogens (primary N) is 1. The van der Waals surface area contributed by atoms with Crippen LogP contribution in [0.25, 0.3) is 0 Å². The van der Waals surface area contributed by atoms with Crippen LogP contribution in [-0.4, -0.2) is 6.54 Å². The number of rotatable bonds is 2. The molecule has 0 radical (unpaired) electrons. The van der Waals surface area contributed by atoms with Crippen LogP contribution in [0.3, 0.4) is 0 Å². The molecule has 0 spiro atoms. The molecule has 0 amide bonds. The predicted octanol–water partition coefficient (Wildman–Crippen LogP) is 1.85. The largest absolute Gasteiger partial charge is 0.330 e. The molecular weight excluding hydrogens is 245 g/mol. The van der Waals surface area contributed by atoms with E-state index in [0.29, 0.717) is 0 Å². The van der Waals surface area contributed by atoms with Gasteiger partial charge in [0.1, 0.15) is 0 Å². The van der Waals surface area contributed by atoms with Crippen molar-refractivity contribution in [1.82, 2.24) is 0 Å². The summed E-state index contributed by atoms with van der Waals surface area (Å²) in [4.78, 5) is 0. The lowest BCUT2D eigenvalue weighted by Gasteiger charge is -1.91. The highest BCUT2D eigenvalue weighted by atomic mass is 127. The molecule has 0 unspecified atom stereocenters. The number of hydrogen-bond acceptors (Lipinski definition) is 2. The van der Waals surface area contributed by atoms with Crippen LogP contribution in [0.1, 0.15) is 5.56 Å². The SMILES string of the molecule is NCCc1ccsc1I. The van der Waals surface area contributed by atoms with E-state index < -0.39 is 0 Å². The third-order valence-corrected chi connectivity index (χ3v) is 3.30. The fraction of sp³-hybridized carbons (Fsp3) is 0.333. The quantitative estimate of drug-likeness (QED) is 0.800. The monoisotopic (exact) mass is 253 g/mol. The lowest BCUT2D eigenvalue weighted by atomic mass is 10.2. The van der Waals surface area contributed by atoms with Crippen LogP contribution in [0.2, 0.25) is 0 Å². The second-order valence-corrected chi connectivity index (χ2v) is 4.49. The van der Waals surface area contributed by atoms with Gasteiger partial charge in [-0.05, 0) is 52.6 Å². The minimum atomic E-state index is 0.757. The highest BCUT2D eigenvalue weighted by Crippen LogP contribution is 2.18. The van der Waals surface area contributed by atoms with Gasteiger partial charge in [-0.2, -0.15) is 0 Å². The van der Waals surface area contributed by atoms with Crippen LogP contribution in [0.5, 0.6) is 0 Å². The molecule has 0 saturated heterocycles. The van der Waals surface area contributed by atoms with Crippen LogP contribution in [0, 0.1) is 2.88 Å². The van der Waals surface area contributed by atoms with Crippen LogP contribution in [0.15, 0.2) is 11.4 Å².